The van der Waals surface area contributed by atoms with Gasteiger partial charge in [-0.05, 0) is 43.8 Å². The van der Waals surface area contributed by atoms with Gasteiger partial charge >= 0.3 is 0 Å². The van der Waals surface area contributed by atoms with E-state index in [2.05, 4.69) is 33.4 Å². The van der Waals surface area contributed by atoms with Gasteiger partial charge < -0.3 is 5.73 Å². The lowest BCUT2D eigenvalue weighted by atomic mass is 9.73. The van der Waals surface area contributed by atoms with Crippen molar-refractivity contribution in [3.8, 4) is 0 Å². The van der Waals surface area contributed by atoms with Crippen molar-refractivity contribution in [3.05, 3.63) is 0 Å². The molecule has 1 nitrogen and oxygen atoms in total. The quantitative estimate of drug-likeness (QED) is 0.238. The van der Waals surface area contributed by atoms with Crippen molar-refractivity contribution in [2.45, 2.75) is 116 Å². The van der Waals surface area contributed by atoms with Gasteiger partial charge in [-0.25, -0.2) is 0 Å². The van der Waals surface area contributed by atoms with Gasteiger partial charge in [0.1, 0.15) is 0 Å². The Morgan fingerprint density at radius 1 is 0.727 bits per heavy atom. The van der Waals surface area contributed by atoms with E-state index in [9.17, 15) is 0 Å². The van der Waals surface area contributed by atoms with E-state index in [0.717, 1.165) is 11.7 Å². The highest BCUT2D eigenvalue weighted by atomic mass is 32.1. The molecule has 1 unspecified atom stereocenters. The van der Waals surface area contributed by atoms with Crippen molar-refractivity contribution in [3.63, 3.8) is 0 Å². The number of hydrogen-bond acceptors (Lipinski definition) is 2. The largest absolute Gasteiger partial charge is 0.325 e. The summed E-state index contributed by atoms with van der Waals surface area (Å²) in [7, 11) is 0. The smallest absolute Gasteiger partial charge is 0.0182 e. The standard InChI is InChI=1S/C20H43NS/c1-4-14-19(20(21,16-5-2)17-6-3)15-12-10-8-7-9-11-13-18-22/h19,22H,4-18,21H2,1-3H3. The van der Waals surface area contributed by atoms with Crippen LogP contribution >= 0.6 is 12.6 Å². The van der Waals surface area contributed by atoms with Gasteiger partial charge in [-0.15, -0.1) is 0 Å². The normalized spacial score (nSPS) is 13.5. The Kier molecular flexibility index (Phi) is 15.1. The molecule has 0 bridgehead atoms. The molecule has 2 heteroatoms. The van der Waals surface area contributed by atoms with Crippen molar-refractivity contribution >= 4 is 12.6 Å². The van der Waals surface area contributed by atoms with Crippen LogP contribution in [0, 0.1) is 5.92 Å². The number of hydrogen-bond donors (Lipinski definition) is 2. The van der Waals surface area contributed by atoms with Crippen molar-refractivity contribution in [2.75, 3.05) is 5.75 Å². The molecule has 0 rings (SSSR count). The highest BCUT2D eigenvalue weighted by Crippen LogP contribution is 2.33. The first-order valence-corrected chi connectivity index (χ1v) is 10.7. The maximum Gasteiger partial charge on any atom is 0.0182 e. The minimum atomic E-state index is 0.103. The maximum atomic E-state index is 6.84. The summed E-state index contributed by atoms with van der Waals surface area (Å²) in [6.45, 7) is 6.88. The van der Waals surface area contributed by atoms with Crippen LogP contribution in [-0.2, 0) is 0 Å². The predicted octanol–water partition coefficient (Wildman–Crippen LogP) is 6.75. The number of rotatable bonds is 16. The van der Waals surface area contributed by atoms with Gasteiger partial charge in [0.05, 0.1) is 0 Å². The third-order valence-electron chi connectivity index (χ3n) is 5.09. The summed E-state index contributed by atoms with van der Waals surface area (Å²) in [5.41, 5.74) is 6.94. The second kappa shape index (κ2) is 14.9. The zero-order valence-electron chi connectivity index (χ0n) is 15.7. The van der Waals surface area contributed by atoms with Gasteiger partial charge in [0.15, 0.2) is 0 Å². The zero-order valence-corrected chi connectivity index (χ0v) is 16.6. The molecule has 0 fully saturated rings. The average Bonchev–Trinajstić information content (AvgIpc) is 2.49. The molecule has 134 valence electrons. The summed E-state index contributed by atoms with van der Waals surface area (Å²) < 4.78 is 0. The van der Waals surface area contributed by atoms with Gasteiger partial charge in [-0.1, -0.05) is 78.6 Å². The summed E-state index contributed by atoms with van der Waals surface area (Å²) in [6.07, 6.45) is 18.4. The van der Waals surface area contributed by atoms with E-state index in [-0.39, 0.29) is 5.54 Å². The molecule has 0 aliphatic rings. The lowest BCUT2D eigenvalue weighted by Gasteiger charge is -2.38. The van der Waals surface area contributed by atoms with Crippen LogP contribution in [0.3, 0.4) is 0 Å². The van der Waals surface area contributed by atoms with E-state index in [1.54, 1.807) is 0 Å². The van der Waals surface area contributed by atoms with Crippen molar-refractivity contribution in [2.24, 2.45) is 11.7 Å². The second-order valence-electron chi connectivity index (χ2n) is 7.21. The fraction of sp³-hybridized carbons (Fsp3) is 1.00. The first kappa shape index (κ1) is 22.3. The topological polar surface area (TPSA) is 26.0 Å². The average molecular weight is 330 g/mol. The van der Waals surface area contributed by atoms with Gasteiger partial charge in [0, 0.05) is 5.54 Å². The lowest BCUT2D eigenvalue weighted by Crippen LogP contribution is -2.47. The first-order chi connectivity index (χ1) is 10.6. The zero-order chi connectivity index (χ0) is 16.7. The highest BCUT2D eigenvalue weighted by molar-refractivity contribution is 7.80. The van der Waals surface area contributed by atoms with Crippen LogP contribution in [0.25, 0.3) is 0 Å². The SMILES string of the molecule is CCCC(CCCCCCCCCS)C(N)(CCC)CCC. The molecule has 0 amide bonds. The van der Waals surface area contributed by atoms with E-state index in [4.69, 9.17) is 5.73 Å². The Hall–Kier alpha value is 0.310. The Labute approximate surface area is 146 Å². The van der Waals surface area contributed by atoms with Gasteiger partial charge in [-0.3, -0.25) is 0 Å². The minimum absolute atomic E-state index is 0.103. The van der Waals surface area contributed by atoms with Crippen molar-refractivity contribution in [1.82, 2.24) is 0 Å². The van der Waals surface area contributed by atoms with E-state index < -0.39 is 0 Å². The highest BCUT2D eigenvalue weighted by Gasteiger charge is 2.31. The summed E-state index contributed by atoms with van der Waals surface area (Å²) in [4.78, 5) is 0. The summed E-state index contributed by atoms with van der Waals surface area (Å²) >= 11 is 4.27. The van der Waals surface area contributed by atoms with Gasteiger partial charge in [-0.2, -0.15) is 12.6 Å². The van der Waals surface area contributed by atoms with Crippen LogP contribution in [0.15, 0.2) is 0 Å². The molecule has 0 aromatic carbocycles. The molecule has 0 heterocycles. The Balaban J connectivity index is 4.06. The third-order valence-corrected chi connectivity index (χ3v) is 5.41. The molecule has 0 aliphatic carbocycles. The molecule has 1 atom stereocenters. The van der Waals surface area contributed by atoms with E-state index in [0.29, 0.717) is 0 Å². The molecule has 2 N–H and O–H groups in total. The molecular weight excluding hydrogens is 286 g/mol. The minimum Gasteiger partial charge on any atom is -0.325 e. The Morgan fingerprint density at radius 3 is 1.68 bits per heavy atom. The number of nitrogens with two attached hydrogens (primary N) is 1. The molecular formula is C20H43NS. The van der Waals surface area contributed by atoms with Crippen LogP contribution in [0.4, 0.5) is 0 Å². The van der Waals surface area contributed by atoms with E-state index in [1.165, 1.54) is 89.9 Å². The van der Waals surface area contributed by atoms with Crippen molar-refractivity contribution < 1.29 is 0 Å². The van der Waals surface area contributed by atoms with E-state index >= 15 is 0 Å². The molecule has 0 spiro atoms. The molecule has 0 aliphatic heterocycles. The Morgan fingerprint density at radius 2 is 1.23 bits per heavy atom. The summed E-state index contributed by atoms with van der Waals surface area (Å²) in [6, 6.07) is 0. The third kappa shape index (κ3) is 10.2. The predicted molar refractivity (Wildman–Crippen MR) is 106 cm³/mol. The van der Waals surface area contributed by atoms with Crippen LogP contribution in [0.5, 0.6) is 0 Å². The van der Waals surface area contributed by atoms with Crippen LogP contribution in [0.1, 0.15) is 111 Å². The van der Waals surface area contributed by atoms with Crippen LogP contribution < -0.4 is 5.73 Å². The molecule has 0 radical (unpaired) electrons. The Bertz CT molecular complexity index is 224. The summed E-state index contributed by atoms with van der Waals surface area (Å²) in [5.74, 6) is 1.79. The fourth-order valence-electron chi connectivity index (χ4n) is 3.92. The number of thiol groups is 1. The number of unbranched alkanes of at least 4 members (excludes halogenated alkanes) is 6. The monoisotopic (exact) mass is 329 g/mol. The summed E-state index contributed by atoms with van der Waals surface area (Å²) in [5, 5.41) is 0. The van der Waals surface area contributed by atoms with Gasteiger partial charge in [0.2, 0.25) is 0 Å². The van der Waals surface area contributed by atoms with Crippen molar-refractivity contribution in [1.29, 1.82) is 0 Å². The van der Waals surface area contributed by atoms with Gasteiger partial charge in [0.25, 0.3) is 0 Å². The molecule has 0 saturated heterocycles. The molecule has 22 heavy (non-hydrogen) atoms. The molecule has 0 saturated carbocycles. The first-order valence-electron chi connectivity index (χ1n) is 10.0. The lowest BCUT2D eigenvalue weighted by molar-refractivity contribution is 0.200. The second-order valence-corrected chi connectivity index (χ2v) is 7.65. The fourth-order valence-corrected chi connectivity index (χ4v) is 4.14. The molecule has 0 aromatic heterocycles. The van der Waals surface area contributed by atoms with Crippen LogP contribution in [0.2, 0.25) is 0 Å². The van der Waals surface area contributed by atoms with Crippen LogP contribution in [-0.4, -0.2) is 11.3 Å². The maximum absolute atomic E-state index is 6.84. The van der Waals surface area contributed by atoms with E-state index in [1.807, 2.05) is 0 Å². The molecule has 0 aromatic rings.